The molecule has 0 saturated heterocycles. The van der Waals surface area contributed by atoms with Gasteiger partial charge in [0, 0.05) is 15.9 Å². The predicted molar refractivity (Wildman–Crippen MR) is 113 cm³/mol. The van der Waals surface area contributed by atoms with Crippen LogP contribution in [0.5, 0.6) is 0 Å². The minimum absolute atomic E-state index is 0.0743. The van der Waals surface area contributed by atoms with Gasteiger partial charge in [0.15, 0.2) is 11.7 Å². The molecule has 9 heteroatoms. The number of rotatable bonds is 8. The van der Waals surface area contributed by atoms with Gasteiger partial charge >= 0.3 is 5.97 Å². The van der Waals surface area contributed by atoms with Gasteiger partial charge in [-0.1, -0.05) is 23.8 Å². The lowest BCUT2D eigenvalue weighted by molar-refractivity contribution is -0.146. The summed E-state index contributed by atoms with van der Waals surface area (Å²) in [7, 11) is 0. The smallest absolute Gasteiger partial charge is 0.312 e. The van der Waals surface area contributed by atoms with Crippen molar-refractivity contribution in [1.82, 2.24) is 4.98 Å². The fourth-order valence-electron chi connectivity index (χ4n) is 2.36. The van der Waals surface area contributed by atoms with Crippen LogP contribution in [0.3, 0.4) is 0 Å². The number of ether oxygens (including phenoxy) is 1. The van der Waals surface area contributed by atoms with Crippen molar-refractivity contribution in [3.8, 4) is 0 Å². The second kappa shape index (κ2) is 9.94. The zero-order valence-electron chi connectivity index (χ0n) is 15.6. The second-order valence-corrected chi connectivity index (χ2v) is 8.09. The van der Waals surface area contributed by atoms with Crippen LogP contribution < -0.4 is 10.6 Å². The third-order valence-electron chi connectivity index (χ3n) is 3.74. The fraction of sp³-hybridized carbons (Fsp3) is 0.200. The van der Waals surface area contributed by atoms with Crippen molar-refractivity contribution in [1.29, 1.82) is 0 Å². The Morgan fingerprint density at radius 3 is 2.52 bits per heavy atom. The van der Waals surface area contributed by atoms with Crippen molar-refractivity contribution >= 4 is 51.3 Å². The topological polar surface area (TPSA) is 97.4 Å². The van der Waals surface area contributed by atoms with Crippen LogP contribution in [0.4, 0.5) is 10.8 Å². The summed E-state index contributed by atoms with van der Waals surface area (Å²) in [5.41, 5.74) is 2.20. The van der Waals surface area contributed by atoms with E-state index < -0.39 is 11.9 Å². The number of aromatic nitrogens is 1. The van der Waals surface area contributed by atoms with Gasteiger partial charge < -0.3 is 15.4 Å². The van der Waals surface area contributed by atoms with Crippen molar-refractivity contribution in [2.45, 2.75) is 19.8 Å². The summed E-state index contributed by atoms with van der Waals surface area (Å²) in [6.45, 7) is 1.58. The molecule has 0 atom stereocenters. The average Bonchev–Trinajstić information content (AvgIpc) is 3.34. The largest absolute Gasteiger partial charge is 0.455 e. The Kier molecular flexibility index (Phi) is 7.09. The first-order chi connectivity index (χ1) is 14.0. The van der Waals surface area contributed by atoms with Gasteiger partial charge in [0.2, 0.25) is 5.91 Å². The molecule has 3 rings (SSSR count). The lowest BCUT2D eigenvalue weighted by Crippen LogP contribution is -2.21. The molecule has 0 saturated carbocycles. The Labute approximate surface area is 175 Å². The minimum Gasteiger partial charge on any atom is -0.455 e. The first-order valence-electron chi connectivity index (χ1n) is 8.77. The fourth-order valence-corrected chi connectivity index (χ4v) is 3.79. The number of anilines is 2. The molecule has 2 amide bonds. The predicted octanol–water partition coefficient (Wildman–Crippen LogP) is 3.42. The Morgan fingerprint density at radius 1 is 1.00 bits per heavy atom. The van der Waals surface area contributed by atoms with E-state index >= 15 is 0 Å². The zero-order chi connectivity index (χ0) is 20.6. The summed E-state index contributed by atoms with van der Waals surface area (Å²) in [6, 6.07) is 11.1. The quantitative estimate of drug-likeness (QED) is 0.535. The van der Waals surface area contributed by atoms with Crippen molar-refractivity contribution in [2.24, 2.45) is 0 Å². The lowest BCUT2D eigenvalue weighted by atomic mass is 10.2. The minimum atomic E-state index is -0.564. The summed E-state index contributed by atoms with van der Waals surface area (Å²) in [5.74, 6) is -1.14. The Balaban J connectivity index is 1.40. The third-order valence-corrected chi connectivity index (χ3v) is 5.42. The summed E-state index contributed by atoms with van der Waals surface area (Å²) in [6.07, 6.45) is 0.208. The Hall–Kier alpha value is -3.04. The van der Waals surface area contributed by atoms with Crippen molar-refractivity contribution in [3.05, 3.63) is 63.3 Å². The van der Waals surface area contributed by atoms with Gasteiger partial charge in [-0.25, -0.2) is 4.98 Å². The maximum Gasteiger partial charge on any atom is 0.312 e. The number of carbonyl (C=O) groups is 3. The SMILES string of the molecule is Cc1ccc(NC(=O)COC(=O)Cc2csc(NC(=O)Cc3cccs3)n2)cc1. The number of thiophene rings is 1. The summed E-state index contributed by atoms with van der Waals surface area (Å²) in [4.78, 5) is 41.0. The highest BCUT2D eigenvalue weighted by molar-refractivity contribution is 7.14. The van der Waals surface area contributed by atoms with E-state index in [1.54, 1.807) is 17.5 Å². The van der Waals surface area contributed by atoms with Gasteiger partial charge in [0.05, 0.1) is 18.5 Å². The molecular weight excluding hydrogens is 410 g/mol. The molecule has 0 aliphatic rings. The van der Waals surface area contributed by atoms with Gasteiger partial charge in [-0.15, -0.1) is 22.7 Å². The monoisotopic (exact) mass is 429 g/mol. The Morgan fingerprint density at radius 2 is 1.79 bits per heavy atom. The second-order valence-electron chi connectivity index (χ2n) is 6.20. The number of thiazole rings is 1. The van der Waals surface area contributed by atoms with Crippen LogP contribution in [0.15, 0.2) is 47.2 Å². The maximum atomic E-state index is 12.0. The first kappa shape index (κ1) is 20.7. The molecular formula is C20H19N3O4S2. The number of benzene rings is 1. The van der Waals surface area contributed by atoms with Crippen LogP contribution in [0.1, 0.15) is 16.1 Å². The average molecular weight is 430 g/mol. The van der Waals surface area contributed by atoms with Gasteiger partial charge in [-0.3, -0.25) is 14.4 Å². The highest BCUT2D eigenvalue weighted by atomic mass is 32.1. The molecule has 1 aromatic carbocycles. The van der Waals surface area contributed by atoms with E-state index in [1.807, 2.05) is 36.6 Å². The summed E-state index contributed by atoms with van der Waals surface area (Å²) < 4.78 is 4.99. The number of aryl methyl sites for hydroxylation is 1. The number of amides is 2. The van der Waals surface area contributed by atoms with Crippen LogP contribution in [0.2, 0.25) is 0 Å². The van der Waals surface area contributed by atoms with E-state index in [9.17, 15) is 14.4 Å². The molecule has 150 valence electrons. The van der Waals surface area contributed by atoms with Crippen LogP contribution >= 0.6 is 22.7 Å². The van der Waals surface area contributed by atoms with E-state index in [2.05, 4.69) is 15.6 Å². The van der Waals surface area contributed by atoms with Gasteiger partial charge in [0.25, 0.3) is 5.91 Å². The van der Waals surface area contributed by atoms with E-state index in [0.717, 1.165) is 10.4 Å². The summed E-state index contributed by atoms with van der Waals surface area (Å²) >= 11 is 2.75. The molecule has 0 spiro atoms. The van der Waals surface area contributed by atoms with Gasteiger partial charge in [0.1, 0.15) is 0 Å². The Bertz CT molecular complexity index is 982. The van der Waals surface area contributed by atoms with E-state index in [1.165, 1.54) is 22.7 Å². The molecule has 0 aliphatic carbocycles. The van der Waals surface area contributed by atoms with Gasteiger partial charge in [-0.05, 0) is 30.5 Å². The van der Waals surface area contributed by atoms with Crippen molar-refractivity contribution < 1.29 is 19.1 Å². The molecule has 0 radical (unpaired) electrons. The number of esters is 1. The summed E-state index contributed by atoms with van der Waals surface area (Å²) in [5, 5.41) is 9.38. The van der Waals surface area contributed by atoms with Crippen LogP contribution in [0.25, 0.3) is 0 Å². The van der Waals surface area contributed by atoms with E-state index in [0.29, 0.717) is 16.5 Å². The third kappa shape index (κ3) is 6.81. The normalized spacial score (nSPS) is 10.4. The molecule has 2 N–H and O–H groups in total. The molecule has 3 aromatic rings. The molecule has 29 heavy (non-hydrogen) atoms. The van der Waals surface area contributed by atoms with Crippen LogP contribution in [0, 0.1) is 6.92 Å². The highest BCUT2D eigenvalue weighted by Crippen LogP contribution is 2.17. The molecule has 2 aromatic heterocycles. The molecule has 2 heterocycles. The molecule has 0 bridgehead atoms. The number of hydrogen-bond acceptors (Lipinski definition) is 7. The van der Waals surface area contributed by atoms with Crippen LogP contribution in [-0.4, -0.2) is 29.4 Å². The van der Waals surface area contributed by atoms with Crippen LogP contribution in [-0.2, 0) is 32.0 Å². The zero-order valence-corrected chi connectivity index (χ0v) is 17.3. The number of hydrogen-bond donors (Lipinski definition) is 2. The molecule has 7 nitrogen and oxygen atoms in total. The highest BCUT2D eigenvalue weighted by Gasteiger charge is 2.13. The van der Waals surface area contributed by atoms with Crippen molar-refractivity contribution in [2.75, 3.05) is 17.2 Å². The molecule has 0 unspecified atom stereocenters. The molecule has 0 fully saturated rings. The van der Waals surface area contributed by atoms with E-state index in [-0.39, 0.29) is 25.4 Å². The molecule has 0 aliphatic heterocycles. The number of nitrogens with zero attached hydrogens (tertiary/aromatic N) is 1. The van der Waals surface area contributed by atoms with Crippen molar-refractivity contribution in [3.63, 3.8) is 0 Å². The first-order valence-corrected chi connectivity index (χ1v) is 10.5. The number of carbonyl (C=O) groups excluding carboxylic acids is 3. The maximum absolute atomic E-state index is 12.0. The standard InChI is InChI=1S/C20H19N3O4S2/c1-13-4-6-14(7-5-13)21-18(25)11-27-19(26)9-15-12-29-20(22-15)23-17(24)10-16-3-2-8-28-16/h2-8,12H,9-11H2,1H3,(H,21,25)(H,22,23,24). The lowest BCUT2D eigenvalue weighted by Gasteiger charge is -2.06. The van der Waals surface area contributed by atoms with E-state index in [4.69, 9.17) is 4.74 Å². The van der Waals surface area contributed by atoms with Gasteiger partial charge in [-0.2, -0.15) is 0 Å². The number of nitrogens with one attached hydrogen (secondary N) is 2.